The Kier molecular flexibility index (Phi) is 8.19. The van der Waals surface area contributed by atoms with E-state index in [9.17, 15) is 19.5 Å². The number of ether oxygens (including phenoxy) is 3. The summed E-state index contributed by atoms with van der Waals surface area (Å²) in [5.41, 5.74) is 1.06. The largest absolute Gasteiger partial charge is 0.478 e. The van der Waals surface area contributed by atoms with Gasteiger partial charge >= 0.3 is 17.9 Å². The topological polar surface area (TPSA) is 102 Å². The Morgan fingerprint density at radius 2 is 1.89 bits per heavy atom. The minimum Gasteiger partial charge on any atom is -0.478 e. The van der Waals surface area contributed by atoms with Crippen LogP contribution in [0.15, 0.2) is 30.4 Å². The van der Waals surface area contributed by atoms with E-state index < -0.39 is 11.9 Å². The van der Waals surface area contributed by atoms with E-state index in [2.05, 4.69) is 6.58 Å². The van der Waals surface area contributed by atoms with Crippen LogP contribution in [0.2, 0.25) is 0 Å². The molecule has 0 radical (unpaired) electrons. The minimum absolute atomic E-state index is 0.000367. The number of rotatable bonds is 12. The predicted octanol–water partition coefficient (Wildman–Crippen LogP) is 3.16. The van der Waals surface area contributed by atoms with E-state index in [1.165, 1.54) is 6.07 Å². The highest BCUT2D eigenvalue weighted by molar-refractivity contribution is 6.03. The standard InChI is InChI=1S/C21H26O7/c1-14(2)20(24)26-11-6-4-3-5-8-15-9-7-10-17(18(15)19(22)23)21(25)28-13-16-12-27-16/h7,9-10,16H,1,3-6,8,11-13H2,2H3,(H,22,23). The van der Waals surface area contributed by atoms with Crippen LogP contribution in [0.1, 0.15) is 58.9 Å². The molecule has 0 aromatic heterocycles. The Hall–Kier alpha value is -2.67. The van der Waals surface area contributed by atoms with Gasteiger partial charge in [0, 0.05) is 5.57 Å². The van der Waals surface area contributed by atoms with E-state index in [1.54, 1.807) is 19.1 Å². The van der Waals surface area contributed by atoms with Gasteiger partial charge in [-0.3, -0.25) is 0 Å². The summed E-state index contributed by atoms with van der Waals surface area (Å²) in [6.45, 7) is 6.17. The number of epoxide rings is 1. The lowest BCUT2D eigenvalue weighted by Crippen LogP contribution is -2.16. The molecule has 1 fully saturated rings. The quantitative estimate of drug-likeness (QED) is 0.253. The van der Waals surface area contributed by atoms with Gasteiger partial charge in [0.05, 0.1) is 24.3 Å². The van der Waals surface area contributed by atoms with Crippen LogP contribution >= 0.6 is 0 Å². The van der Waals surface area contributed by atoms with Crippen LogP contribution in [0, 0.1) is 0 Å². The molecular weight excluding hydrogens is 364 g/mol. The zero-order valence-electron chi connectivity index (χ0n) is 16.1. The van der Waals surface area contributed by atoms with Crippen molar-refractivity contribution in [2.45, 2.75) is 45.1 Å². The SMILES string of the molecule is C=C(C)C(=O)OCCCCCCc1cccc(C(=O)OCC2CO2)c1C(=O)O. The molecule has 7 nitrogen and oxygen atoms in total. The number of carboxylic acid groups (broad SMARTS) is 1. The molecule has 152 valence electrons. The van der Waals surface area contributed by atoms with E-state index >= 15 is 0 Å². The molecule has 1 saturated heterocycles. The smallest absolute Gasteiger partial charge is 0.339 e. The Balaban J connectivity index is 1.82. The highest BCUT2D eigenvalue weighted by atomic mass is 16.6. The van der Waals surface area contributed by atoms with E-state index in [0.717, 1.165) is 25.7 Å². The maximum Gasteiger partial charge on any atom is 0.339 e. The third kappa shape index (κ3) is 6.81. The zero-order chi connectivity index (χ0) is 20.5. The van der Waals surface area contributed by atoms with Gasteiger partial charge in [0.1, 0.15) is 12.7 Å². The molecule has 0 bridgehead atoms. The number of carboxylic acids is 1. The van der Waals surface area contributed by atoms with Crippen molar-refractivity contribution in [2.24, 2.45) is 0 Å². The molecule has 1 aliphatic rings. The fourth-order valence-electron chi connectivity index (χ4n) is 2.70. The van der Waals surface area contributed by atoms with Gasteiger partial charge in [-0.05, 0) is 37.8 Å². The normalized spacial score (nSPS) is 15.0. The summed E-state index contributed by atoms with van der Waals surface area (Å²) >= 11 is 0. The lowest BCUT2D eigenvalue weighted by Gasteiger charge is -2.11. The number of carbonyl (C=O) groups excluding carboxylic acids is 2. The van der Waals surface area contributed by atoms with Crippen LogP contribution in [0.5, 0.6) is 0 Å². The van der Waals surface area contributed by atoms with Crippen molar-refractivity contribution in [1.29, 1.82) is 0 Å². The first-order chi connectivity index (χ1) is 13.4. The summed E-state index contributed by atoms with van der Waals surface area (Å²) in [7, 11) is 0. The van der Waals surface area contributed by atoms with Crippen LogP contribution in [0.3, 0.4) is 0 Å². The van der Waals surface area contributed by atoms with Crippen molar-refractivity contribution in [3.63, 3.8) is 0 Å². The number of aryl methyl sites for hydroxylation is 1. The molecule has 1 aromatic carbocycles. The van der Waals surface area contributed by atoms with Gasteiger partial charge in [-0.15, -0.1) is 0 Å². The fraction of sp³-hybridized carbons (Fsp3) is 0.476. The minimum atomic E-state index is -1.14. The summed E-state index contributed by atoms with van der Waals surface area (Å²) < 4.78 is 15.1. The van der Waals surface area contributed by atoms with Gasteiger partial charge in [0.2, 0.25) is 0 Å². The lowest BCUT2D eigenvalue weighted by atomic mass is 9.96. The van der Waals surface area contributed by atoms with E-state index in [0.29, 0.717) is 30.8 Å². The van der Waals surface area contributed by atoms with Gasteiger partial charge in [0.15, 0.2) is 0 Å². The molecule has 1 N–H and O–H groups in total. The highest BCUT2D eigenvalue weighted by Crippen LogP contribution is 2.20. The summed E-state index contributed by atoms with van der Waals surface area (Å²) in [6, 6.07) is 4.86. The van der Waals surface area contributed by atoms with Crippen molar-refractivity contribution in [3.05, 3.63) is 47.0 Å². The van der Waals surface area contributed by atoms with Gasteiger partial charge in [-0.25, -0.2) is 14.4 Å². The van der Waals surface area contributed by atoms with Crippen LogP contribution in [-0.4, -0.2) is 48.9 Å². The molecule has 0 amide bonds. The summed E-state index contributed by atoms with van der Waals surface area (Å²) in [5.74, 6) is -2.17. The molecule has 1 aliphatic heterocycles. The summed E-state index contributed by atoms with van der Waals surface area (Å²) in [6.07, 6.45) is 3.69. The highest BCUT2D eigenvalue weighted by Gasteiger charge is 2.26. The number of hydrogen-bond donors (Lipinski definition) is 1. The fourth-order valence-corrected chi connectivity index (χ4v) is 2.70. The molecule has 1 atom stereocenters. The monoisotopic (exact) mass is 390 g/mol. The molecule has 1 heterocycles. The number of hydrogen-bond acceptors (Lipinski definition) is 6. The number of carbonyl (C=O) groups is 3. The second-order valence-corrected chi connectivity index (χ2v) is 6.78. The second-order valence-electron chi connectivity index (χ2n) is 6.78. The third-order valence-corrected chi connectivity index (χ3v) is 4.31. The van der Waals surface area contributed by atoms with Crippen molar-refractivity contribution in [1.82, 2.24) is 0 Å². The molecular formula is C21H26O7. The maximum atomic E-state index is 12.2. The number of esters is 2. The van der Waals surface area contributed by atoms with Crippen molar-refractivity contribution in [3.8, 4) is 0 Å². The van der Waals surface area contributed by atoms with Crippen LogP contribution in [0.4, 0.5) is 0 Å². The van der Waals surface area contributed by atoms with E-state index in [1.807, 2.05) is 0 Å². The number of unbranched alkanes of at least 4 members (excludes halogenated alkanes) is 3. The average molecular weight is 390 g/mol. The Morgan fingerprint density at radius 3 is 2.54 bits per heavy atom. The summed E-state index contributed by atoms with van der Waals surface area (Å²) in [4.78, 5) is 35.2. The number of aromatic carboxylic acids is 1. The van der Waals surface area contributed by atoms with Crippen LogP contribution in [-0.2, 0) is 25.4 Å². The number of benzene rings is 1. The molecule has 7 heteroatoms. The Morgan fingerprint density at radius 1 is 1.18 bits per heavy atom. The zero-order valence-corrected chi connectivity index (χ0v) is 16.1. The van der Waals surface area contributed by atoms with E-state index in [-0.39, 0.29) is 29.8 Å². The molecule has 0 saturated carbocycles. The van der Waals surface area contributed by atoms with Gasteiger partial charge in [-0.1, -0.05) is 31.6 Å². The molecule has 1 aromatic rings. The van der Waals surface area contributed by atoms with Gasteiger partial charge in [0.25, 0.3) is 0 Å². The molecule has 0 aliphatic carbocycles. The second kappa shape index (κ2) is 10.6. The molecule has 28 heavy (non-hydrogen) atoms. The van der Waals surface area contributed by atoms with E-state index in [4.69, 9.17) is 14.2 Å². The summed E-state index contributed by atoms with van der Waals surface area (Å²) in [5, 5.41) is 9.57. The lowest BCUT2D eigenvalue weighted by molar-refractivity contribution is -0.139. The first kappa shape index (κ1) is 21.6. The van der Waals surface area contributed by atoms with Crippen LogP contribution < -0.4 is 0 Å². The average Bonchev–Trinajstić information content (AvgIpc) is 3.49. The first-order valence-corrected chi connectivity index (χ1v) is 9.36. The third-order valence-electron chi connectivity index (χ3n) is 4.31. The van der Waals surface area contributed by atoms with Crippen molar-refractivity contribution < 1.29 is 33.7 Å². The van der Waals surface area contributed by atoms with Crippen LogP contribution in [0.25, 0.3) is 0 Å². The molecule has 1 unspecified atom stereocenters. The maximum absolute atomic E-state index is 12.2. The van der Waals surface area contributed by atoms with Crippen molar-refractivity contribution >= 4 is 17.9 Å². The van der Waals surface area contributed by atoms with Gasteiger partial charge < -0.3 is 19.3 Å². The van der Waals surface area contributed by atoms with Gasteiger partial charge in [-0.2, -0.15) is 0 Å². The molecule has 2 rings (SSSR count). The first-order valence-electron chi connectivity index (χ1n) is 9.36. The molecule has 0 spiro atoms. The Bertz CT molecular complexity index is 734. The Labute approximate surface area is 164 Å². The predicted molar refractivity (Wildman–Crippen MR) is 101 cm³/mol. The van der Waals surface area contributed by atoms with Crippen molar-refractivity contribution in [2.75, 3.05) is 19.8 Å².